The Labute approximate surface area is 153 Å². The fraction of sp³-hybridized carbons (Fsp3) is 0.500. The van der Waals surface area contributed by atoms with Crippen molar-refractivity contribution in [3.05, 3.63) is 29.8 Å². The van der Waals surface area contributed by atoms with Crippen LogP contribution in [0.3, 0.4) is 0 Å². The minimum atomic E-state index is -0.506. The maximum absolute atomic E-state index is 12.2. The number of nitrogens with zero attached hydrogens (tertiary/aromatic N) is 2. The van der Waals surface area contributed by atoms with Crippen LogP contribution >= 0.6 is 0 Å². The molecule has 2 rings (SSSR count). The summed E-state index contributed by atoms with van der Waals surface area (Å²) in [6.45, 7) is 5.48. The minimum absolute atomic E-state index is 0.0226. The molecular weight excluding hydrogens is 336 g/mol. The predicted molar refractivity (Wildman–Crippen MR) is 96.8 cm³/mol. The molecule has 26 heavy (non-hydrogen) atoms. The Bertz CT molecular complexity index is 625. The van der Waals surface area contributed by atoms with Crippen molar-refractivity contribution in [3.63, 3.8) is 0 Å². The van der Waals surface area contributed by atoms with E-state index in [4.69, 9.17) is 10.5 Å². The van der Waals surface area contributed by atoms with Crippen LogP contribution in [0.4, 0.5) is 0 Å². The van der Waals surface area contributed by atoms with Crippen LogP contribution in [0.1, 0.15) is 23.7 Å². The Morgan fingerprint density at radius 1 is 1.12 bits per heavy atom. The SMILES string of the molecule is CCCNC(=O)CN1CCN(C(=O)COc2ccc(C(N)=O)cc2)CC1. The van der Waals surface area contributed by atoms with E-state index in [1.807, 2.05) is 11.8 Å². The molecule has 3 amide bonds. The molecule has 142 valence electrons. The number of carbonyl (C=O) groups is 3. The third kappa shape index (κ3) is 6.03. The maximum atomic E-state index is 12.2. The molecule has 1 heterocycles. The average molecular weight is 362 g/mol. The Kier molecular flexibility index (Phi) is 7.40. The van der Waals surface area contributed by atoms with E-state index in [1.54, 1.807) is 29.2 Å². The molecule has 3 N–H and O–H groups in total. The topological polar surface area (TPSA) is 105 Å². The Morgan fingerprint density at radius 3 is 2.35 bits per heavy atom. The van der Waals surface area contributed by atoms with Crippen LogP contribution in [-0.2, 0) is 9.59 Å². The monoisotopic (exact) mass is 362 g/mol. The molecule has 0 aromatic heterocycles. The van der Waals surface area contributed by atoms with Crippen molar-refractivity contribution in [1.29, 1.82) is 0 Å². The minimum Gasteiger partial charge on any atom is -0.484 e. The van der Waals surface area contributed by atoms with E-state index >= 15 is 0 Å². The number of nitrogens with one attached hydrogen (secondary N) is 1. The fourth-order valence-electron chi connectivity index (χ4n) is 2.63. The third-order valence-corrected chi connectivity index (χ3v) is 4.17. The Morgan fingerprint density at radius 2 is 1.77 bits per heavy atom. The lowest BCUT2D eigenvalue weighted by molar-refractivity contribution is -0.135. The molecule has 1 aromatic rings. The molecule has 8 nitrogen and oxygen atoms in total. The predicted octanol–water partition coefficient (Wildman–Crippen LogP) is -0.165. The van der Waals surface area contributed by atoms with Gasteiger partial charge in [0.25, 0.3) is 5.91 Å². The zero-order chi connectivity index (χ0) is 18.9. The van der Waals surface area contributed by atoms with Gasteiger partial charge in [-0.15, -0.1) is 0 Å². The van der Waals surface area contributed by atoms with Crippen molar-refractivity contribution in [2.45, 2.75) is 13.3 Å². The van der Waals surface area contributed by atoms with Gasteiger partial charge in [-0.25, -0.2) is 0 Å². The highest BCUT2D eigenvalue weighted by Gasteiger charge is 2.22. The summed E-state index contributed by atoms with van der Waals surface area (Å²) in [6.07, 6.45) is 0.916. The lowest BCUT2D eigenvalue weighted by Gasteiger charge is -2.34. The van der Waals surface area contributed by atoms with Gasteiger partial charge in [-0.3, -0.25) is 19.3 Å². The van der Waals surface area contributed by atoms with E-state index in [9.17, 15) is 14.4 Å². The van der Waals surface area contributed by atoms with Crippen molar-refractivity contribution in [3.8, 4) is 5.75 Å². The summed E-state index contributed by atoms with van der Waals surface area (Å²) in [7, 11) is 0. The number of ether oxygens (including phenoxy) is 1. The quantitative estimate of drug-likeness (QED) is 0.668. The van der Waals surface area contributed by atoms with Gasteiger partial charge in [0.05, 0.1) is 6.54 Å². The van der Waals surface area contributed by atoms with Crippen LogP contribution in [0.2, 0.25) is 0 Å². The first kappa shape index (κ1) is 19.7. The highest BCUT2D eigenvalue weighted by molar-refractivity contribution is 5.92. The van der Waals surface area contributed by atoms with Crippen molar-refractivity contribution in [2.24, 2.45) is 5.73 Å². The van der Waals surface area contributed by atoms with Gasteiger partial charge < -0.3 is 20.7 Å². The molecule has 1 saturated heterocycles. The summed E-state index contributed by atoms with van der Waals surface area (Å²) in [6, 6.07) is 6.34. The standard InChI is InChI=1S/C18H26N4O4/c1-2-7-20-16(23)12-21-8-10-22(11-9-21)17(24)13-26-15-5-3-14(4-6-15)18(19)25/h3-6H,2,7-13H2,1H3,(H2,19,25)(H,20,23). The number of benzene rings is 1. The molecule has 0 unspecified atom stereocenters. The Hall–Kier alpha value is -2.61. The van der Waals surface area contributed by atoms with Crippen LogP contribution < -0.4 is 15.8 Å². The summed E-state index contributed by atoms with van der Waals surface area (Å²) < 4.78 is 5.47. The normalized spacial score (nSPS) is 14.7. The number of amides is 3. The van der Waals surface area contributed by atoms with Crippen LogP contribution in [0.5, 0.6) is 5.75 Å². The van der Waals surface area contributed by atoms with Crippen LogP contribution in [-0.4, -0.2) is 73.4 Å². The smallest absolute Gasteiger partial charge is 0.260 e. The van der Waals surface area contributed by atoms with Crippen LogP contribution in [0.15, 0.2) is 24.3 Å². The molecule has 8 heteroatoms. The average Bonchev–Trinajstić information content (AvgIpc) is 2.65. The van der Waals surface area contributed by atoms with Gasteiger partial charge in [0.1, 0.15) is 5.75 Å². The first-order valence-electron chi connectivity index (χ1n) is 8.79. The van der Waals surface area contributed by atoms with E-state index in [1.165, 1.54) is 0 Å². The first-order valence-corrected chi connectivity index (χ1v) is 8.79. The molecule has 1 aromatic carbocycles. The number of hydrogen-bond donors (Lipinski definition) is 2. The summed E-state index contributed by atoms with van der Waals surface area (Å²) in [5.74, 6) is -0.0723. The molecule has 0 saturated carbocycles. The molecule has 0 aliphatic carbocycles. The second-order valence-electron chi connectivity index (χ2n) is 6.18. The van der Waals surface area contributed by atoms with Gasteiger partial charge in [-0.05, 0) is 30.7 Å². The van der Waals surface area contributed by atoms with E-state index < -0.39 is 5.91 Å². The summed E-state index contributed by atoms with van der Waals surface area (Å²) >= 11 is 0. The number of primary amides is 1. The van der Waals surface area contributed by atoms with Gasteiger partial charge >= 0.3 is 0 Å². The molecule has 1 aliphatic rings. The second-order valence-corrected chi connectivity index (χ2v) is 6.18. The fourth-order valence-corrected chi connectivity index (χ4v) is 2.63. The third-order valence-electron chi connectivity index (χ3n) is 4.17. The molecule has 1 fully saturated rings. The number of nitrogens with two attached hydrogens (primary N) is 1. The van der Waals surface area contributed by atoms with Crippen LogP contribution in [0.25, 0.3) is 0 Å². The molecule has 0 radical (unpaired) electrons. The van der Waals surface area contributed by atoms with Crippen molar-refractivity contribution < 1.29 is 19.1 Å². The molecule has 1 aliphatic heterocycles. The second kappa shape index (κ2) is 9.76. The van der Waals surface area contributed by atoms with Gasteiger partial charge in [0.15, 0.2) is 6.61 Å². The van der Waals surface area contributed by atoms with Crippen molar-refractivity contribution in [1.82, 2.24) is 15.1 Å². The summed E-state index contributed by atoms with van der Waals surface area (Å²) in [5, 5.41) is 2.85. The van der Waals surface area contributed by atoms with E-state index in [0.717, 1.165) is 6.42 Å². The molecule has 0 spiro atoms. The van der Waals surface area contributed by atoms with E-state index in [-0.39, 0.29) is 18.4 Å². The molecular formula is C18H26N4O4. The zero-order valence-corrected chi connectivity index (χ0v) is 15.1. The summed E-state index contributed by atoms with van der Waals surface area (Å²) in [5.41, 5.74) is 5.57. The molecule has 0 atom stereocenters. The number of piperazine rings is 1. The highest BCUT2D eigenvalue weighted by Crippen LogP contribution is 2.12. The maximum Gasteiger partial charge on any atom is 0.260 e. The number of hydrogen-bond acceptors (Lipinski definition) is 5. The largest absolute Gasteiger partial charge is 0.484 e. The van der Waals surface area contributed by atoms with Crippen molar-refractivity contribution in [2.75, 3.05) is 45.9 Å². The summed E-state index contributed by atoms with van der Waals surface area (Å²) in [4.78, 5) is 38.8. The number of rotatable bonds is 8. The molecule has 0 bridgehead atoms. The van der Waals surface area contributed by atoms with Gasteiger partial charge in [-0.2, -0.15) is 0 Å². The van der Waals surface area contributed by atoms with E-state index in [0.29, 0.717) is 50.6 Å². The van der Waals surface area contributed by atoms with Gasteiger partial charge in [-0.1, -0.05) is 6.92 Å². The highest BCUT2D eigenvalue weighted by atomic mass is 16.5. The number of carbonyl (C=O) groups excluding carboxylic acids is 3. The van der Waals surface area contributed by atoms with Crippen LogP contribution in [0, 0.1) is 0 Å². The van der Waals surface area contributed by atoms with Gasteiger partial charge in [0, 0.05) is 38.3 Å². The van der Waals surface area contributed by atoms with Gasteiger partial charge in [0.2, 0.25) is 11.8 Å². The first-order chi connectivity index (χ1) is 12.5. The Balaban J connectivity index is 1.71. The lowest BCUT2D eigenvalue weighted by atomic mass is 10.2. The zero-order valence-electron chi connectivity index (χ0n) is 15.1. The van der Waals surface area contributed by atoms with Crippen molar-refractivity contribution >= 4 is 17.7 Å². The lowest BCUT2D eigenvalue weighted by Crippen LogP contribution is -2.52. The van der Waals surface area contributed by atoms with E-state index in [2.05, 4.69) is 5.32 Å².